The van der Waals surface area contributed by atoms with Gasteiger partial charge in [0.15, 0.2) is 5.78 Å². The molecule has 2 unspecified atom stereocenters. The highest BCUT2D eigenvalue weighted by Crippen LogP contribution is 2.54. The number of carbonyl (C=O) groups excluding carboxylic acids is 5. The van der Waals surface area contributed by atoms with Crippen molar-refractivity contribution in [2.45, 2.75) is 111 Å². The lowest BCUT2D eigenvalue weighted by Crippen LogP contribution is -2.58. The van der Waals surface area contributed by atoms with Crippen LogP contribution in [0.4, 0.5) is 0 Å². The summed E-state index contributed by atoms with van der Waals surface area (Å²) in [4.78, 5) is 79.5. The van der Waals surface area contributed by atoms with Gasteiger partial charge in [0, 0.05) is 77.8 Å². The van der Waals surface area contributed by atoms with Crippen LogP contribution in [0, 0.1) is 28.6 Å². The van der Waals surface area contributed by atoms with Crippen molar-refractivity contribution in [3.05, 3.63) is 90.3 Å². The number of ether oxygens (including phenoxy) is 2. The van der Waals surface area contributed by atoms with Crippen molar-refractivity contribution < 1.29 is 33.4 Å². The number of likely N-dealkylation sites (tertiary alicyclic amines) is 1. The lowest BCUT2D eigenvalue weighted by atomic mass is 9.84. The number of cyclic esters (lactones) is 1. The minimum absolute atomic E-state index is 0.136. The number of likely N-dealkylation sites (N-methyl/N-ethyl adjacent to an activating group) is 1. The molecule has 5 heterocycles. The summed E-state index contributed by atoms with van der Waals surface area (Å²) in [6.07, 6.45) is 5.09. The van der Waals surface area contributed by atoms with Gasteiger partial charge in [-0.15, -0.1) is 0 Å². The predicted octanol–water partition coefficient (Wildman–Crippen LogP) is 6.69. The summed E-state index contributed by atoms with van der Waals surface area (Å²) >= 11 is 0. The Morgan fingerprint density at radius 2 is 1.79 bits per heavy atom. The van der Waals surface area contributed by atoms with Gasteiger partial charge >= 0.3 is 5.97 Å². The number of aromatic nitrogens is 2. The average Bonchev–Trinajstić information content (AvgIpc) is 3.55. The standard InChI is InChI=1S/C54H66N6O7Si/c1-11-43(61)59-25-22-37(32(59)5)50(63)57(9)46(31(3)4)48(62)44-49(68)54(44)28-34-16-13-17-35(26-34)36-20-21-42-39(27-36)40(47(58(42)12-2)38-18-14-23-55-45(38)33(6)66-10)29-53(7,8)30-67-51(64)41-19-15-24-60(56-41)52(54)65/h11,13-14,16-18,20-21,23,26-27,31-33,37,41,44,46,56H,1,12,15,19,22,24-25,28-30H2,2-10H3/t32-,33+,37+,41+,44?,46+,54?/m1/s1. The number of nitrogens with one attached hydrogen (secondary N) is 1. The number of hydrazine groups is 1. The minimum atomic E-state index is -1.32. The highest BCUT2D eigenvalue weighted by atomic mass is 28.1. The third-order valence-electron chi connectivity index (χ3n) is 15.1. The number of pyridine rings is 1. The van der Waals surface area contributed by atoms with Crippen LogP contribution in [0.2, 0.25) is 0 Å². The molecule has 1 spiro atoms. The van der Waals surface area contributed by atoms with E-state index in [-0.39, 0.29) is 54.6 Å². The van der Waals surface area contributed by atoms with Gasteiger partial charge in [0.25, 0.3) is 0 Å². The van der Waals surface area contributed by atoms with Crippen molar-refractivity contribution in [3.8, 4) is 22.4 Å². The van der Waals surface area contributed by atoms with Crippen LogP contribution in [0.15, 0.2) is 73.4 Å². The molecule has 14 heteroatoms. The van der Waals surface area contributed by atoms with E-state index in [1.54, 1.807) is 25.3 Å². The summed E-state index contributed by atoms with van der Waals surface area (Å²) in [5.74, 6) is -3.10. The Balaban J connectivity index is 1.22. The Morgan fingerprint density at radius 1 is 1.04 bits per heavy atom. The fourth-order valence-electron chi connectivity index (χ4n) is 11.4. The number of nitrogens with zero attached hydrogens (tertiary/aromatic N) is 5. The van der Waals surface area contributed by atoms with Crippen LogP contribution in [-0.2, 0) is 52.8 Å². The first kappa shape index (κ1) is 48.9. The van der Waals surface area contributed by atoms with E-state index in [1.165, 1.54) is 16.0 Å². The molecule has 6 bridgehead atoms. The van der Waals surface area contributed by atoms with Crippen LogP contribution >= 0.6 is 0 Å². The molecule has 4 aliphatic rings. The second-order valence-electron chi connectivity index (χ2n) is 20.5. The number of hydrogen-bond donors (Lipinski definition) is 1. The van der Waals surface area contributed by atoms with E-state index in [0.717, 1.165) is 50.1 Å². The quantitative estimate of drug-likeness (QED) is 0.105. The Labute approximate surface area is 403 Å². The molecule has 2 saturated heterocycles. The molecule has 3 fully saturated rings. The zero-order chi connectivity index (χ0) is 49.0. The summed E-state index contributed by atoms with van der Waals surface area (Å²) in [5, 5.41) is 3.13. The number of methoxy groups -OCH3 is 1. The summed E-state index contributed by atoms with van der Waals surface area (Å²) < 4.78 is 14.4. The number of Topliss-reactive ketones (excluding diaryl/α,β-unsaturated/α-hetero) is 1. The summed E-state index contributed by atoms with van der Waals surface area (Å²) in [5.41, 5.74) is 9.29. The summed E-state index contributed by atoms with van der Waals surface area (Å²) in [7, 11) is 7.23. The molecule has 2 aromatic carbocycles. The second-order valence-corrected chi connectivity index (χ2v) is 21.0. The molecule has 3 amide bonds. The number of amides is 3. The van der Waals surface area contributed by atoms with Gasteiger partial charge in [-0.2, -0.15) is 0 Å². The topological polar surface area (TPSA) is 143 Å². The van der Waals surface area contributed by atoms with Crippen LogP contribution in [0.3, 0.4) is 0 Å². The second kappa shape index (κ2) is 19.1. The first-order valence-electron chi connectivity index (χ1n) is 24.2. The number of benzene rings is 2. The van der Waals surface area contributed by atoms with Crippen LogP contribution in [0.1, 0.15) is 90.7 Å². The van der Waals surface area contributed by atoms with Crippen molar-refractivity contribution in [3.63, 3.8) is 0 Å². The highest BCUT2D eigenvalue weighted by Gasteiger charge is 2.69. The molecular formula is C54H66N6O7Si. The zero-order valence-electron chi connectivity index (χ0n) is 41.1. The lowest BCUT2D eigenvalue weighted by molar-refractivity contribution is -0.156. The van der Waals surface area contributed by atoms with Crippen molar-refractivity contribution in [1.82, 2.24) is 29.8 Å². The normalized spacial score (nSPS) is 24.7. The third-order valence-corrected chi connectivity index (χ3v) is 15.8. The molecule has 1 N–H and O–H groups in total. The van der Waals surface area contributed by atoms with Gasteiger partial charge in [-0.05, 0) is 111 Å². The van der Waals surface area contributed by atoms with E-state index in [9.17, 15) is 14.4 Å². The SMILES string of the molecule is C=CC(=O)N1CC[C@H](C(=O)N(C)[C@H](C(=O)C2C(=[Si])C23Cc2cccc(c2)-c2ccc4c(c2)c(c(-c2cccnc2[C@H](C)OC)n4CC)CC(C)(C)COC(=O)[C@@H]2CCCN(N2)C3=O)C(C)C)[C@H]1C. The Kier molecular flexibility index (Phi) is 13.7. The molecule has 2 radical (unpaired) electrons. The largest absolute Gasteiger partial charge is 0.464 e. The smallest absolute Gasteiger partial charge is 0.324 e. The minimum Gasteiger partial charge on any atom is -0.464 e. The van der Waals surface area contributed by atoms with Gasteiger partial charge in [-0.3, -0.25) is 34.0 Å². The zero-order valence-corrected chi connectivity index (χ0v) is 42.1. The Hall–Kier alpha value is -5.57. The van der Waals surface area contributed by atoms with Crippen molar-refractivity contribution in [1.29, 1.82) is 0 Å². The average molecular weight is 939 g/mol. The van der Waals surface area contributed by atoms with Crippen molar-refractivity contribution in [2.75, 3.05) is 33.9 Å². The maximum absolute atomic E-state index is 15.3. The van der Waals surface area contributed by atoms with E-state index in [2.05, 4.69) is 83.6 Å². The molecule has 358 valence electrons. The number of ketones is 1. The number of fused-ring (bicyclic) bond motifs is 6. The molecule has 4 aromatic rings. The number of esters is 1. The summed E-state index contributed by atoms with van der Waals surface area (Å²) in [6, 6.07) is 16.8. The van der Waals surface area contributed by atoms with Crippen molar-refractivity contribution in [2.24, 2.45) is 28.6 Å². The molecule has 13 nitrogen and oxygen atoms in total. The molecule has 3 aliphatic heterocycles. The molecule has 8 rings (SSSR count). The molecule has 68 heavy (non-hydrogen) atoms. The van der Waals surface area contributed by atoms with E-state index >= 15 is 9.59 Å². The summed E-state index contributed by atoms with van der Waals surface area (Å²) in [6.45, 7) is 19.3. The van der Waals surface area contributed by atoms with E-state index in [4.69, 9.17) is 14.5 Å². The first-order chi connectivity index (χ1) is 32.4. The van der Waals surface area contributed by atoms with Gasteiger partial charge in [0.2, 0.25) is 17.7 Å². The highest BCUT2D eigenvalue weighted by molar-refractivity contribution is 6.56. The maximum atomic E-state index is 15.3. The van der Waals surface area contributed by atoms with Gasteiger partial charge in [-0.1, -0.05) is 69.8 Å². The van der Waals surface area contributed by atoms with Crippen LogP contribution in [0.25, 0.3) is 33.3 Å². The fourth-order valence-corrected chi connectivity index (χ4v) is 12.1. The van der Waals surface area contributed by atoms with E-state index in [1.807, 2.05) is 45.9 Å². The Bertz CT molecular complexity index is 2690. The molecule has 2 aromatic heterocycles. The van der Waals surface area contributed by atoms with E-state index in [0.29, 0.717) is 50.5 Å². The number of aryl methyl sites for hydroxylation is 1. The number of rotatable bonds is 10. The molecule has 7 atom stereocenters. The Morgan fingerprint density at radius 3 is 2.50 bits per heavy atom. The predicted molar refractivity (Wildman–Crippen MR) is 264 cm³/mol. The molecule has 1 aliphatic carbocycles. The van der Waals surface area contributed by atoms with Crippen molar-refractivity contribution >= 4 is 55.4 Å². The monoisotopic (exact) mass is 938 g/mol. The lowest BCUT2D eigenvalue weighted by Gasteiger charge is -2.36. The van der Waals surface area contributed by atoms with Gasteiger partial charge in [0.05, 0.1) is 47.4 Å². The third kappa shape index (κ3) is 8.61. The van der Waals surface area contributed by atoms with Gasteiger partial charge < -0.3 is 23.8 Å². The van der Waals surface area contributed by atoms with Crippen LogP contribution < -0.4 is 5.43 Å². The number of carbonyl (C=O) groups is 5. The number of hydrogen-bond acceptors (Lipinski definition) is 9. The van der Waals surface area contributed by atoms with Crippen LogP contribution in [0.5, 0.6) is 0 Å². The van der Waals surface area contributed by atoms with Gasteiger partial charge in [0.1, 0.15) is 6.04 Å². The maximum Gasteiger partial charge on any atom is 0.324 e. The molecule has 1 saturated carbocycles. The first-order valence-corrected chi connectivity index (χ1v) is 24.7. The van der Waals surface area contributed by atoms with Crippen LogP contribution in [-0.4, -0.2) is 121 Å². The van der Waals surface area contributed by atoms with Gasteiger partial charge in [-0.25, -0.2) is 5.43 Å². The van der Waals surface area contributed by atoms with E-state index < -0.39 is 40.7 Å². The fraction of sp³-hybridized carbons (Fsp3) is 0.500. The molecular weight excluding hydrogens is 873 g/mol.